The monoisotopic (exact) mass is 796 g/mol. The molecule has 0 saturated carbocycles. The number of pyridine rings is 3. The van der Waals surface area contributed by atoms with E-state index in [1.165, 1.54) is 16.8 Å². The first kappa shape index (κ1) is 31.2. The first-order chi connectivity index (χ1) is 22.8. The van der Waals surface area contributed by atoms with E-state index < -0.39 is 5.91 Å². The summed E-state index contributed by atoms with van der Waals surface area (Å²) in [7, 11) is 0. The molecule has 47 heavy (non-hydrogen) atoms. The maximum absolute atomic E-state index is 4.39. The summed E-state index contributed by atoms with van der Waals surface area (Å²) in [6, 6.07) is 32.6. The summed E-state index contributed by atoms with van der Waals surface area (Å²) in [4.78, 5) is 8.36. The molecule has 0 unspecified atom stereocenters. The van der Waals surface area contributed by atoms with Crippen LogP contribution in [-0.2, 0) is 32.6 Å². The van der Waals surface area contributed by atoms with E-state index in [-0.39, 0.29) is 20.1 Å². The van der Waals surface area contributed by atoms with Crippen molar-refractivity contribution in [2.75, 3.05) is 0 Å². The second-order valence-corrected chi connectivity index (χ2v) is 10.1. The molecule has 0 atom stereocenters. The summed E-state index contributed by atoms with van der Waals surface area (Å²) in [6.45, 7) is 0.980. The standard InChI is InChI=1S/C13H12N8.C11H9N2.C11H8N.Ir/c1-5-14-18(9-1)13(19-10-2-6-15-19,20-11-3-7-16-20)21-12-4-8-17-21;1-2-6-13-8-9-4-5-12-7-10(9)11(13)3-1;1-2-6-10(7-3-1)11-8-4-5-9-12-11;/h1-12H;1-7H,8H2;1-6,8-9H;/q;+1;-1;. The Balaban J connectivity index is 0.000000129. The molecule has 9 rings (SSSR count). The summed E-state index contributed by atoms with van der Waals surface area (Å²) >= 11 is 0. The molecular weight excluding hydrogens is 767 g/mol. The topological polar surface area (TPSA) is 101 Å². The summed E-state index contributed by atoms with van der Waals surface area (Å²) < 4.78 is 9.24. The van der Waals surface area contributed by atoms with Crippen LogP contribution in [0.15, 0.2) is 165 Å². The summed E-state index contributed by atoms with van der Waals surface area (Å²) in [5, 5.41) is 17.6. The maximum atomic E-state index is 4.39. The Bertz CT molecular complexity index is 1840. The predicted octanol–water partition coefficient (Wildman–Crippen LogP) is 4.63. The van der Waals surface area contributed by atoms with Gasteiger partial charge in [0.2, 0.25) is 5.69 Å². The molecule has 12 heteroatoms. The Morgan fingerprint density at radius 2 is 1.23 bits per heavy atom. The first-order valence-electron chi connectivity index (χ1n) is 14.6. The van der Waals surface area contributed by atoms with Crippen LogP contribution in [-0.4, -0.2) is 49.1 Å². The van der Waals surface area contributed by atoms with Crippen LogP contribution in [0.4, 0.5) is 0 Å². The molecule has 0 amide bonds. The Labute approximate surface area is 284 Å². The minimum absolute atomic E-state index is 0. The van der Waals surface area contributed by atoms with Crippen molar-refractivity contribution in [2.24, 2.45) is 0 Å². The van der Waals surface area contributed by atoms with Gasteiger partial charge in [-0.3, -0.25) is 4.98 Å². The summed E-state index contributed by atoms with van der Waals surface area (Å²) in [6.07, 6.45) is 21.9. The third-order valence-corrected chi connectivity index (χ3v) is 7.37. The molecule has 233 valence electrons. The smallest absolute Gasteiger partial charge is 0.305 e. The molecule has 0 fully saturated rings. The van der Waals surface area contributed by atoms with Crippen molar-refractivity contribution in [3.63, 3.8) is 0 Å². The van der Waals surface area contributed by atoms with Gasteiger partial charge in [0.05, 0.1) is 5.56 Å². The van der Waals surface area contributed by atoms with Gasteiger partial charge in [-0.05, 0) is 48.2 Å². The van der Waals surface area contributed by atoms with Crippen molar-refractivity contribution >= 4 is 0 Å². The van der Waals surface area contributed by atoms with Crippen LogP contribution in [0.2, 0.25) is 0 Å². The van der Waals surface area contributed by atoms with Gasteiger partial charge in [0.15, 0.2) is 12.7 Å². The predicted molar refractivity (Wildman–Crippen MR) is 171 cm³/mol. The summed E-state index contributed by atoms with van der Waals surface area (Å²) in [5.74, 6) is -0.986. The van der Waals surface area contributed by atoms with Gasteiger partial charge in [-0.1, -0.05) is 12.1 Å². The number of nitrogens with zero attached hydrogens (tertiary/aromatic N) is 11. The number of hydrogen-bond acceptors (Lipinski definition) is 6. The minimum Gasteiger partial charge on any atom is -0.305 e. The molecular formula is C35H29IrN11. The van der Waals surface area contributed by atoms with E-state index >= 15 is 0 Å². The normalized spacial score (nSPS) is 11.1. The van der Waals surface area contributed by atoms with Crippen molar-refractivity contribution < 1.29 is 24.7 Å². The SMILES string of the molecule is [Ir].[c-]1ccccc1-c1ccccn1.c1cc[n+]2c(c1)-c1cnccc1C2.c1cnn(C(n2cccn2)(n2cccn2)n2cccn2)c1. The molecule has 8 aromatic rings. The van der Waals surface area contributed by atoms with Gasteiger partial charge in [-0.25, -0.2) is 18.7 Å². The number of benzene rings is 1. The van der Waals surface area contributed by atoms with Crippen molar-refractivity contribution in [1.82, 2.24) is 49.1 Å². The number of rotatable bonds is 5. The fourth-order valence-corrected chi connectivity index (χ4v) is 5.32. The van der Waals surface area contributed by atoms with Gasteiger partial charge in [0, 0.05) is 106 Å². The molecule has 11 nitrogen and oxygen atoms in total. The van der Waals surface area contributed by atoms with Crippen molar-refractivity contribution in [2.45, 2.75) is 12.5 Å². The molecule has 0 N–H and O–H groups in total. The third kappa shape index (κ3) is 6.32. The van der Waals surface area contributed by atoms with Gasteiger partial charge in [0.25, 0.3) is 0 Å². The number of fused-ring (bicyclic) bond motifs is 3. The molecule has 8 heterocycles. The van der Waals surface area contributed by atoms with Gasteiger partial charge < -0.3 is 4.98 Å². The average Bonchev–Trinajstić information content (AvgIpc) is 3.98. The van der Waals surface area contributed by atoms with E-state index in [1.807, 2.05) is 104 Å². The summed E-state index contributed by atoms with van der Waals surface area (Å²) in [5.41, 5.74) is 5.91. The van der Waals surface area contributed by atoms with Gasteiger partial charge in [0.1, 0.15) is 0 Å². The van der Waals surface area contributed by atoms with Crippen LogP contribution in [0, 0.1) is 6.07 Å². The van der Waals surface area contributed by atoms with Gasteiger partial charge in [-0.15, -0.1) is 35.9 Å². The van der Waals surface area contributed by atoms with E-state index in [1.54, 1.807) is 49.7 Å². The van der Waals surface area contributed by atoms with Crippen molar-refractivity contribution in [3.05, 3.63) is 177 Å². The third-order valence-electron chi connectivity index (χ3n) is 7.37. The van der Waals surface area contributed by atoms with Crippen LogP contribution >= 0.6 is 0 Å². The van der Waals surface area contributed by atoms with Crippen molar-refractivity contribution in [1.29, 1.82) is 0 Å². The minimum atomic E-state index is -0.986. The molecule has 7 aromatic heterocycles. The Morgan fingerprint density at radius 1 is 0.617 bits per heavy atom. The van der Waals surface area contributed by atoms with Crippen LogP contribution in [0.1, 0.15) is 5.56 Å². The van der Waals surface area contributed by atoms with Crippen molar-refractivity contribution in [3.8, 4) is 22.5 Å². The first-order valence-corrected chi connectivity index (χ1v) is 14.6. The molecule has 0 saturated heterocycles. The fourth-order valence-electron chi connectivity index (χ4n) is 5.32. The second kappa shape index (κ2) is 14.5. The van der Waals surface area contributed by atoms with E-state index in [0.717, 1.165) is 17.8 Å². The van der Waals surface area contributed by atoms with E-state index in [4.69, 9.17) is 0 Å². The van der Waals surface area contributed by atoms with Gasteiger partial charge in [-0.2, -0.15) is 25.0 Å². The molecule has 1 aliphatic rings. The molecule has 0 aliphatic carbocycles. The average molecular weight is 796 g/mol. The van der Waals surface area contributed by atoms with Crippen LogP contribution in [0.3, 0.4) is 0 Å². The van der Waals surface area contributed by atoms with Crippen LogP contribution in [0.25, 0.3) is 22.5 Å². The Hall–Kier alpha value is -5.84. The van der Waals surface area contributed by atoms with Crippen LogP contribution < -0.4 is 4.57 Å². The molecule has 1 aromatic carbocycles. The van der Waals surface area contributed by atoms with Crippen LogP contribution in [0.5, 0.6) is 0 Å². The van der Waals surface area contributed by atoms with Gasteiger partial charge >= 0.3 is 5.91 Å². The number of aromatic nitrogens is 11. The largest absolute Gasteiger partial charge is 0.354 e. The number of hydrogen-bond donors (Lipinski definition) is 0. The van der Waals surface area contributed by atoms with E-state index in [2.05, 4.69) is 71.5 Å². The second-order valence-electron chi connectivity index (χ2n) is 10.1. The maximum Gasteiger partial charge on any atom is 0.354 e. The molecule has 0 bridgehead atoms. The van der Waals surface area contributed by atoms with E-state index in [0.29, 0.717) is 0 Å². The quantitative estimate of drug-likeness (QED) is 0.186. The zero-order chi connectivity index (χ0) is 31.0. The Kier molecular flexibility index (Phi) is 9.61. The Morgan fingerprint density at radius 3 is 1.77 bits per heavy atom. The molecule has 1 radical (unpaired) electrons. The van der Waals surface area contributed by atoms with E-state index in [9.17, 15) is 0 Å². The zero-order valence-corrected chi connectivity index (χ0v) is 27.4. The molecule has 0 spiro atoms. The fraction of sp³-hybridized carbons (Fsp3) is 0.0571. The molecule has 1 aliphatic heterocycles. The zero-order valence-electron chi connectivity index (χ0n) is 25.0.